The van der Waals surface area contributed by atoms with Crippen molar-refractivity contribution in [3.05, 3.63) is 17.1 Å². The molecule has 0 saturated carbocycles. The van der Waals surface area contributed by atoms with Gasteiger partial charge in [-0.1, -0.05) is 0 Å². The average molecular weight is 111 g/mol. The molecule has 0 amide bonds. The van der Waals surface area contributed by atoms with Crippen molar-refractivity contribution in [3.8, 4) is 0 Å². The average Bonchev–Trinajstić information content (AvgIpc) is 1.69. The Morgan fingerprint density at radius 2 is 2.71 bits per heavy atom. The van der Waals surface area contributed by atoms with Crippen LogP contribution in [0, 0.1) is 0 Å². The Labute approximate surface area is 47.0 Å². The molecule has 0 fully saturated rings. The SMILES string of the molecule is CC1=CC=C=NS1. The molecule has 1 rings (SSSR count). The molecule has 0 radical (unpaired) electrons. The summed E-state index contributed by atoms with van der Waals surface area (Å²) in [5, 5.41) is 0. The normalized spacial score (nSPS) is 17.0. The molecule has 1 nitrogen and oxygen atoms in total. The van der Waals surface area contributed by atoms with Crippen LogP contribution in [0.2, 0.25) is 0 Å². The van der Waals surface area contributed by atoms with Gasteiger partial charge in [0.25, 0.3) is 0 Å². The maximum atomic E-state index is 3.80. The molecule has 7 heavy (non-hydrogen) atoms. The van der Waals surface area contributed by atoms with Crippen molar-refractivity contribution >= 4 is 17.8 Å². The van der Waals surface area contributed by atoms with Gasteiger partial charge in [0, 0.05) is 22.9 Å². The Kier molecular flexibility index (Phi) is 1.35. The molecule has 0 atom stereocenters. The summed E-state index contributed by atoms with van der Waals surface area (Å²) in [6.07, 6.45) is 3.80. The lowest BCUT2D eigenvalue weighted by Gasteiger charge is -1.89. The van der Waals surface area contributed by atoms with Crippen molar-refractivity contribution in [2.75, 3.05) is 0 Å². The molecule has 1 aliphatic rings. The second kappa shape index (κ2) is 2.01. The van der Waals surface area contributed by atoms with Crippen molar-refractivity contribution in [1.29, 1.82) is 0 Å². The zero-order valence-electron chi connectivity index (χ0n) is 4.01. The van der Waals surface area contributed by atoms with Crippen LogP contribution in [0.25, 0.3) is 0 Å². The highest BCUT2D eigenvalue weighted by Gasteiger charge is 1.85. The van der Waals surface area contributed by atoms with Crippen LogP contribution in [-0.2, 0) is 0 Å². The zero-order chi connectivity index (χ0) is 5.11. The Bertz CT molecular complexity index is 151. The molecule has 1 heterocycles. The summed E-state index contributed by atoms with van der Waals surface area (Å²) in [6, 6.07) is 0. The van der Waals surface area contributed by atoms with Crippen LogP contribution in [0.5, 0.6) is 0 Å². The van der Waals surface area contributed by atoms with Gasteiger partial charge in [-0.25, -0.2) is 0 Å². The quantitative estimate of drug-likeness (QED) is 0.434. The molecule has 0 aliphatic carbocycles. The highest BCUT2D eigenvalue weighted by atomic mass is 32.2. The summed E-state index contributed by atoms with van der Waals surface area (Å²) in [7, 11) is 0. The Hall–Kier alpha value is -0.460. The van der Waals surface area contributed by atoms with E-state index in [1.165, 1.54) is 16.9 Å². The fourth-order valence-electron chi connectivity index (χ4n) is 0.314. The van der Waals surface area contributed by atoms with E-state index in [1.807, 2.05) is 19.1 Å². The van der Waals surface area contributed by atoms with E-state index in [-0.39, 0.29) is 0 Å². The molecule has 2 heteroatoms. The van der Waals surface area contributed by atoms with Gasteiger partial charge < -0.3 is 0 Å². The van der Waals surface area contributed by atoms with Crippen molar-refractivity contribution in [3.63, 3.8) is 0 Å². The molecule has 0 unspecified atom stereocenters. The van der Waals surface area contributed by atoms with Gasteiger partial charge in [-0.2, -0.15) is 4.40 Å². The van der Waals surface area contributed by atoms with Crippen LogP contribution in [0.3, 0.4) is 0 Å². The summed E-state index contributed by atoms with van der Waals surface area (Å²) >= 11 is 1.46. The molecule has 1 aliphatic heterocycles. The number of allylic oxidation sites excluding steroid dienone is 3. The summed E-state index contributed by atoms with van der Waals surface area (Å²) in [5.41, 5.74) is 0. The van der Waals surface area contributed by atoms with Crippen LogP contribution in [0.1, 0.15) is 6.92 Å². The Balaban J connectivity index is 2.77. The second-order valence-corrected chi connectivity index (χ2v) is 2.26. The first-order valence-corrected chi connectivity index (χ1v) is 2.79. The molecular formula is C5H5NS. The maximum absolute atomic E-state index is 3.80. The van der Waals surface area contributed by atoms with E-state index in [0.717, 1.165) is 0 Å². The minimum Gasteiger partial charge on any atom is -0.168 e. The van der Waals surface area contributed by atoms with Crippen molar-refractivity contribution in [1.82, 2.24) is 0 Å². The van der Waals surface area contributed by atoms with Gasteiger partial charge in [0.15, 0.2) is 0 Å². The predicted octanol–water partition coefficient (Wildman–Crippen LogP) is 1.78. The van der Waals surface area contributed by atoms with Gasteiger partial charge in [0.1, 0.15) is 0 Å². The summed E-state index contributed by atoms with van der Waals surface area (Å²) < 4.78 is 3.80. The van der Waals surface area contributed by atoms with Crippen LogP contribution in [-0.4, -0.2) is 5.87 Å². The number of hydrogen-bond acceptors (Lipinski definition) is 2. The Morgan fingerprint density at radius 1 is 1.86 bits per heavy atom. The van der Waals surface area contributed by atoms with E-state index in [9.17, 15) is 0 Å². The standard InChI is InChI=1S/C5H5NS/c1-5-3-2-4-6-7-5/h2-3H,1H3. The van der Waals surface area contributed by atoms with E-state index in [2.05, 4.69) is 10.3 Å². The molecule has 0 N–H and O–H groups in total. The maximum Gasteiger partial charge on any atom is 0.0160 e. The zero-order valence-corrected chi connectivity index (χ0v) is 4.83. The minimum atomic E-state index is 1.22. The lowest BCUT2D eigenvalue weighted by atomic mass is 10.5. The van der Waals surface area contributed by atoms with E-state index < -0.39 is 0 Å². The highest BCUT2D eigenvalue weighted by molar-refractivity contribution is 8.01. The molecule has 0 aromatic rings. The van der Waals surface area contributed by atoms with Crippen molar-refractivity contribution in [2.45, 2.75) is 6.92 Å². The van der Waals surface area contributed by atoms with Gasteiger partial charge in [-0.15, -0.1) is 0 Å². The third-order valence-electron chi connectivity index (χ3n) is 0.635. The van der Waals surface area contributed by atoms with Crippen LogP contribution in [0.15, 0.2) is 21.5 Å². The number of rotatable bonds is 0. The molecule has 0 spiro atoms. The highest BCUT2D eigenvalue weighted by Crippen LogP contribution is 2.16. The van der Waals surface area contributed by atoms with E-state index in [0.29, 0.717) is 0 Å². The molecule has 36 valence electrons. The molecule has 0 aromatic heterocycles. The van der Waals surface area contributed by atoms with Crippen molar-refractivity contribution in [2.24, 2.45) is 4.40 Å². The van der Waals surface area contributed by atoms with Gasteiger partial charge in [0.05, 0.1) is 0 Å². The minimum absolute atomic E-state index is 1.22. The second-order valence-electron chi connectivity index (χ2n) is 1.26. The predicted molar refractivity (Wildman–Crippen MR) is 33.4 cm³/mol. The van der Waals surface area contributed by atoms with Crippen LogP contribution >= 0.6 is 11.9 Å². The number of nitrogens with zero attached hydrogens (tertiary/aromatic N) is 1. The topological polar surface area (TPSA) is 12.4 Å². The van der Waals surface area contributed by atoms with Gasteiger partial charge in [-0.3, -0.25) is 0 Å². The smallest absolute Gasteiger partial charge is 0.0160 e. The van der Waals surface area contributed by atoms with Crippen LogP contribution in [0.4, 0.5) is 0 Å². The first-order valence-electron chi connectivity index (χ1n) is 2.02. The van der Waals surface area contributed by atoms with E-state index >= 15 is 0 Å². The fraction of sp³-hybridized carbons (Fsp3) is 0.200. The summed E-state index contributed by atoms with van der Waals surface area (Å²) in [5.74, 6) is 2.70. The lowest BCUT2D eigenvalue weighted by Crippen LogP contribution is -1.66. The van der Waals surface area contributed by atoms with Gasteiger partial charge >= 0.3 is 0 Å². The summed E-state index contributed by atoms with van der Waals surface area (Å²) in [6.45, 7) is 2.02. The van der Waals surface area contributed by atoms with Gasteiger partial charge in [-0.05, 0) is 18.9 Å². The number of hydrogen-bond donors (Lipinski definition) is 0. The van der Waals surface area contributed by atoms with Gasteiger partial charge in [0.2, 0.25) is 0 Å². The molecule has 0 aromatic carbocycles. The largest absolute Gasteiger partial charge is 0.168 e. The fourth-order valence-corrected chi connectivity index (χ4v) is 0.700. The third kappa shape index (κ3) is 1.22. The molecule has 0 saturated heterocycles. The summed E-state index contributed by atoms with van der Waals surface area (Å²) in [4.78, 5) is 1.22. The van der Waals surface area contributed by atoms with Crippen molar-refractivity contribution < 1.29 is 0 Å². The monoisotopic (exact) mass is 111 g/mol. The first kappa shape index (κ1) is 4.69. The van der Waals surface area contributed by atoms with E-state index in [4.69, 9.17) is 0 Å². The molecule has 0 bridgehead atoms. The third-order valence-corrected chi connectivity index (χ3v) is 1.26. The Morgan fingerprint density at radius 3 is 3.00 bits per heavy atom. The van der Waals surface area contributed by atoms with Crippen LogP contribution < -0.4 is 0 Å². The molecular weight excluding hydrogens is 106 g/mol. The lowest BCUT2D eigenvalue weighted by molar-refractivity contribution is 1.66. The van der Waals surface area contributed by atoms with E-state index in [1.54, 1.807) is 0 Å². The first-order chi connectivity index (χ1) is 3.39.